The van der Waals surface area contributed by atoms with E-state index in [2.05, 4.69) is 44.1 Å². The van der Waals surface area contributed by atoms with E-state index in [9.17, 15) is 0 Å². The van der Waals surface area contributed by atoms with Crippen LogP contribution < -0.4 is 15.6 Å². The Hall–Kier alpha value is -2.79. The number of hydrogen-bond donors (Lipinski definition) is 1. The molecular formula is C21H26N4O. The van der Waals surface area contributed by atoms with Crippen molar-refractivity contribution in [2.24, 2.45) is 12.9 Å². The highest BCUT2D eigenvalue weighted by Gasteiger charge is 2.12. The number of benzene rings is 2. The summed E-state index contributed by atoms with van der Waals surface area (Å²) < 4.78 is 7.98. The van der Waals surface area contributed by atoms with Gasteiger partial charge in [0.25, 0.3) is 0 Å². The summed E-state index contributed by atoms with van der Waals surface area (Å²) in [5.41, 5.74) is 7.59. The van der Waals surface area contributed by atoms with Crippen LogP contribution in [0.4, 0.5) is 5.69 Å². The molecule has 0 saturated carbocycles. The van der Waals surface area contributed by atoms with E-state index >= 15 is 0 Å². The summed E-state index contributed by atoms with van der Waals surface area (Å²) in [6.45, 7) is 6.71. The number of rotatable bonds is 5. The summed E-state index contributed by atoms with van der Waals surface area (Å²) >= 11 is 0. The molecule has 0 fully saturated rings. The minimum Gasteiger partial charge on any atom is -0.489 e. The third kappa shape index (κ3) is 3.58. The monoisotopic (exact) mass is 350 g/mol. The molecule has 3 rings (SSSR count). The van der Waals surface area contributed by atoms with Gasteiger partial charge in [-0.15, -0.1) is 0 Å². The highest BCUT2D eigenvalue weighted by atomic mass is 16.5. The molecule has 5 nitrogen and oxygen atoms in total. The molecule has 136 valence electrons. The molecule has 26 heavy (non-hydrogen) atoms. The van der Waals surface area contributed by atoms with Crippen LogP contribution in [-0.2, 0) is 13.7 Å². The van der Waals surface area contributed by atoms with Crippen molar-refractivity contribution >= 4 is 5.69 Å². The second kappa shape index (κ2) is 7.22. The number of hydrazine groups is 1. The zero-order valence-electron chi connectivity index (χ0n) is 16.1. The second-order valence-electron chi connectivity index (χ2n) is 6.78. The maximum absolute atomic E-state index is 6.16. The molecule has 1 aromatic heterocycles. The van der Waals surface area contributed by atoms with Crippen LogP contribution in [0.3, 0.4) is 0 Å². The Balaban J connectivity index is 1.87. The van der Waals surface area contributed by atoms with E-state index in [-0.39, 0.29) is 0 Å². The number of hydrogen-bond acceptors (Lipinski definition) is 4. The SMILES string of the molecule is Cc1cc(-c2ccn(C)n2)c(C)cc1OCc1c(C)cccc1N(C)N. The van der Waals surface area contributed by atoms with Crippen molar-refractivity contribution in [2.75, 3.05) is 12.1 Å². The number of nitrogens with zero attached hydrogens (tertiary/aromatic N) is 3. The number of nitrogens with two attached hydrogens (primary N) is 1. The average Bonchev–Trinajstić information content (AvgIpc) is 3.02. The van der Waals surface area contributed by atoms with Crippen LogP contribution in [0, 0.1) is 20.8 Å². The van der Waals surface area contributed by atoms with Gasteiger partial charge in [-0.1, -0.05) is 12.1 Å². The molecule has 5 heteroatoms. The maximum atomic E-state index is 6.16. The highest BCUT2D eigenvalue weighted by Crippen LogP contribution is 2.31. The molecule has 0 atom stereocenters. The van der Waals surface area contributed by atoms with Gasteiger partial charge in [0, 0.05) is 31.4 Å². The Morgan fingerprint density at radius 2 is 1.85 bits per heavy atom. The smallest absolute Gasteiger partial charge is 0.123 e. The van der Waals surface area contributed by atoms with Crippen molar-refractivity contribution in [3.8, 4) is 17.0 Å². The second-order valence-corrected chi connectivity index (χ2v) is 6.78. The first-order valence-electron chi connectivity index (χ1n) is 8.68. The van der Waals surface area contributed by atoms with Crippen LogP contribution in [-0.4, -0.2) is 16.8 Å². The Morgan fingerprint density at radius 1 is 1.08 bits per heavy atom. The van der Waals surface area contributed by atoms with Gasteiger partial charge in [-0.3, -0.25) is 4.68 Å². The highest BCUT2D eigenvalue weighted by molar-refractivity contribution is 5.66. The van der Waals surface area contributed by atoms with Crippen molar-refractivity contribution < 1.29 is 4.74 Å². The first-order chi connectivity index (χ1) is 12.4. The molecule has 0 saturated heterocycles. The van der Waals surface area contributed by atoms with Gasteiger partial charge in [-0.2, -0.15) is 5.10 Å². The van der Waals surface area contributed by atoms with Crippen LogP contribution >= 0.6 is 0 Å². The lowest BCUT2D eigenvalue weighted by Gasteiger charge is -2.20. The van der Waals surface area contributed by atoms with Gasteiger partial charge in [-0.25, -0.2) is 5.84 Å². The van der Waals surface area contributed by atoms with Crippen LogP contribution in [0.2, 0.25) is 0 Å². The minimum atomic E-state index is 0.479. The maximum Gasteiger partial charge on any atom is 0.123 e. The molecule has 3 aromatic rings. The Bertz CT molecular complexity index is 928. The fourth-order valence-corrected chi connectivity index (χ4v) is 3.13. The van der Waals surface area contributed by atoms with Gasteiger partial charge in [-0.05, 0) is 61.7 Å². The molecule has 2 N–H and O–H groups in total. The summed E-state index contributed by atoms with van der Waals surface area (Å²) in [6.07, 6.45) is 1.96. The first kappa shape index (κ1) is 18.0. The van der Waals surface area contributed by atoms with Crippen molar-refractivity contribution in [2.45, 2.75) is 27.4 Å². The van der Waals surface area contributed by atoms with Crippen LogP contribution in [0.25, 0.3) is 11.3 Å². The van der Waals surface area contributed by atoms with Gasteiger partial charge in [0.15, 0.2) is 0 Å². The molecule has 0 aliphatic rings. The number of anilines is 1. The summed E-state index contributed by atoms with van der Waals surface area (Å²) in [6, 6.07) is 12.3. The Labute approximate surface area is 155 Å². The van der Waals surface area contributed by atoms with Crippen molar-refractivity contribution in [1.29, 1.82) is 0 Å². The van der Waals surface area contributed by atoms with E-state index in [1.165, 1.54) is 5.56 Å². The Morgan fingerprint density at radius 3 is 2.50 bits per heavy atom. The molecule has 0 aliphatic heterocycles. The molecule has 0 bridgehead atoms. The van der Waals surface area contributed by atoms with E-state index in [0.29, 0.717) is 6.61 Å². The fourth-order valence-electron chi connectivity index (χ4n) is 3.13. The molecule has 0 unspecified atom stereocenters. The van der Waals surface area contributed by atoms with Gasteiger partial charge in [0.05, 0.1) is 11.4 Å². The molecule has 1 heterocycles. The zero-order valence-corrected chi connectivity index (χ0v) is 16.1. The standard InChI is InChI=1S/C21H26N4O/c1-14-7-6-8-20(25(5)22)18(14)13-26-21-12-15(2)17(11-16(21)3)19-9-10-24(4)23-19/h6-12H,13,22H2,1-5H3. The lowest BCUT2D eigenvalue weighted by molar-refractivity contribution is 0.303. The van der Waals surface area contributed by atoms with Crippen LogP contribution in [0.5, 0.6) is 5.75 Å². The lowest BCUT2D eigenvalue weighted by atomic mass is 10.0. The van der Waals surface area contributed by atoms with Crippen molar-refractivity contribution in [1.82, 2.24) is 9.78 Å². The number of aryl methyl sites for hydroxylation is 4. The quantitative estimate of drug-likeness (QED) is 0.560. The molecule has 0 amide bonds. The van der Waals surface area contributed by atoms with Gasteiger partial charge >= 0.3 is 0 Å². The topological polar surface area (TPSA) is 56.3 Å². The number of ether oxygens (including phenoxy) is 1. The van der Waals surface area contributed by atoms with Crippen LogP contribution in [0.15, 0.2) is 42.6 Å². The average molecular weight is 350 g/mol. The summed E-state index contributed by atoms with van der Waals surface area (Å²) in [7, 11) is 3.77. The predicted octanol–water partition coefficient (Wildman–Crippen LogP) is 3.90. The fraction of sp³-hybridized carbons (Fsp3) is 0.286. The third-order valence-electron chi connectivity index (χ3n) is 4.65. The largest absolute Gasteiger partial charge is 0.489 e. The van der Waals surface area contributed by atoms with Crippen molar-refractivity contribution in [3.05, 3.63) is 64.8 Å². The summed E-state index contributed by atoms with van der Waals surface area (Å²) in [5.74, 6) is 6.85. The normalized spacial score (nSPS) is 10.8. The van der Waals surface area contributed by atoms with Gasteiger partial charge < -0.3 is 9.75 Å². The molecule has 0 spiro atoms. The molecule has 2 aromatic carbocycles. The lowest BCUT2D eigenvalue weighted by Crippen LogP contribution is -2.26. The predicted molar refractivity (Wildman–Crippen MR) is 106 cm³/mol. The van der Waals surface area contributed by atoms with E-state index in [1.807, 2.05) is 43.2 Å². The van der Waals surface area contributed by atoms with E-state index < -0.39 is 0 Å². The van der Waals surface area contributed by atoms with Gasteiger partial charge in [0.2, 0.25) is 0 Å². The molecular weight excluding hydrogens is 324 g/mol. The van der Waals surface area contributed by atoms with E-state index in [0.717, 1.165) is 39.4 Å². The molecule has 0 radical (unpaired) electrons. The summed E-state index contributed by atoms with van der Waals surface area (Å²) in [4.78, 5) is 0. The molecule has 0 aliphatic carbocycles. The van der Waals surface area contributed by atoms with E-state index in [1.54, 1.807) is 5.01 Å². The van der Waals surface area contributed by atoms with Crippen molar-refractivity contribution in [3.63, 3.8) is 0 Å². The summed E-state index contributed by atoms with van der Waals surface area (Å²) in [5, 5.41) is 6.14. The number of aromatic nitrogens is 2. The third-order valence-corrected chi connectivity index (χ3v) is 4.65. The Kier molecular flexibility index (Phi) is 5.00. The van der Waals surface area contributed by atoms with E-state index in [4.69, 9.17) is 10.6 Å². The van der Waals surface area contributed by atoms with Crippen LogP contribution in [0.1, 0.15) is 22.3 Å². The minimum absolute atomic E-state index is 0.479. The zero-order chi connectivity index (χ0) is 18.8. The first-order valence-corrected chi connectivity index (χ1v) is 8.68. The van der Waals surface area contributed by atoms with Gasteiger partial charge in [0.1, 0.15) is 12.4 Å².